The number of aryl methyl sites for hydroxylation is 1. The summed E-state index contributed by atoms with van der Waals surface area (Å²) >= 11 is 1.43. The second kappa shape index (κ2) is 6.88. The molecule has 9 nitrogen and oxygen atoms in total. The zero-order valence-corrected chi connectivity index (χ0v) is 12.3. The molecule has 2 heterocycles. The molecule has 2 aromatic rings. The molecule has 0 aliphatic heterocycles. The Balaban J connectivity index is 2.07. The maximum atomic E-state index is 10.8. The number of nitrogens with two attached hydrogens (primary N) is 1. The monoisotopic (exact) mass is 310 g/mol. The number of primary amides is 1. The average Bonchev–Trinajstić information content (AvgIpc) is 2.88. The molecule has 2 aromatic heterocycles. The highest BCUT2D eigenvalue weighted by Crippen LogP contribution is 2.28. The first kappa shape index (κ1) is 15.0. The fourth-order valence-corrected chi connectivity index (χ4v) is 2.19. The molecule has 112 valence electrons. The Morgan fingerprint density at radius 3 is 2.90 bits per heavy atom. The van der Waals surface area contributed by atoms with E-state index in [0.29, 0.717) is 22.4 Å². The Morgan fingerprint density at radius 2 is 2.29 bits per heavy atom. The fraction of sp³-hybridized carbons (Fsp3) is 0.364. The van der Waals surface area contributed by atoms with Crippen molar-refractivity contribution in [3.8, 4) is 11.5 Å². The fourth-order valence-electron chi connectivity index (χ4n) is 1.44. The van der Waals surface area contributed by atoms with Gasteiger partial charge in [-0.05, 0) is 10.4 Å². The van der Waals surface area contributed by atoms with Gasteiger partial charge in [-0.2, -0.15) is 0 Å². The standard InChI is InChI=1S/C11H14N6O3S/c1-17-11(14-15-16-17)21-6-7-3-8(20-5-10(12)18)9(19-2)4-13-7/h3-4H,5-6H2,1-2H3,(H2,12,18). The van der Waals surface area contributed by atoms with Crippen LogP contribution in [0.15, 0.2) is 17.4 Å². The third-order valence-corrected chi connectivity index (χ3v) is 3.45. The van der Waals surface area contributed by atoms with Crippen molar-refractivity contribution in [2.75, 3.05) is 13.7 Å². The van der Waals surface area contributed by atoms with Gasteiger partial charge in [0.15, 0.2) is 18.1 Å². The van der Waals surface area contributed by atoms with E-state index in [4.69, 9.17) is 15.2 Å². The lowest BCUT2D eigenvalue weighted by Crippen LogP contribution is -2.20. The second-order valence-electron chi connectivity index (χ2n) is 3.96. The van der Waals surface area contributed by atoms with Gasteiger partial charge in [0, 0.05) is 18.9 Å². The molecule has 0 aromatic carbocycles. The van der Waals surface area contributed by atoms with E-state index >= 15 is 0 Å². The molecule has 0 aliphatic carbocycles. The van der Waals surface area contributed by atoms with Gasteiger partial charge in [-0.15, -0.1) is 5.10 Å². The predicted octanol–water partition coefficient (Wildman–Crippen LogP) is -0.230. The van der Waals surface area contributed by atoms with Gasteiger partial charge in [0.2, 0.25) is 5.16 Å². The molecule has 1 amide bonds. The van der Waals surface area contributed by atoms with Crippen molar-refractivity contribution in [1.82, 2.24) is 25.2 Å². The number of hydrogen-bond donors (Lipinski definition) is 1. The zero-order valence-electron chi connectivity index (χ0n) is 11.5. The van der Waals surface area contributed by atoms with Crippen LogP contribution in [0.2, 0.25) is 0 Å². The number of nitrogens with zero attached hydrogens (tertiary/aromatic N) is 5. The summed E-state index contributed by atoms with van der Waals surface area (Å²) in [5, 5.41) is 11.8. The van der Waals surface area contributed by atoms with E-state index < -0.39 is 5.91 Å². The summed E-state index contributed by atoms with van der Waals surface area (Å²) in [6.07, 6.45) is 1.53. The van der Waals surface area contributed by atoms with Gasteiger partial charge in [0.25, 0.3) is 5.91 Å². The molecule has 0 aliphatic rings. The van der Waals surface area contributed by atoms with E-state index in [-0.39, 0.29) is 6.61 Å². The summed E-state index contributed by atoms with van der Waals surface area (Å²) in [5.74, 6) is 0.837. The Kier molecular flexibility index (Phi) is 4.93. The summed E-state index contributed by atoms with van der Waals surface area (Å²) in [6.45, 7) is -0.222. The quantitative estimate of drug-likeness (QED) is 0.697. The number of thioether (sulfide) groups is 1. The number of hydrogen-bond acceptors (Lipinski definition) is 8. The van der Waals surface area contributed by atoms with Gasteiger partial charge >= 0.3 is 0 Å². The molecular weight excluding hydrogens is 296 g/mol. The van der Waals surface area contributed by atoms with Crippen molar-refractivity contribution in [2.45, 2.75) is 10.9 Å². The number of rotatable bonds is 7. The van der Waals surface area contributed by atoms with Crippen LogP contribution < -0.4 is 15.2 Å². The molecule has 0 bridgehead atoms. The van der Waals surface area contributed by atoms with E-state index in [2.05, 4.69) is 20.5 Å². The number of tetrazole rings is 1. The molecule has 10 heteroatoms. The largest absolute Gasteiger partial charge is 0.491 e. The molecule has 0 saturated carbocycles. The minimum Gasteiger partial charge on any atom is -0.491 e. The van der Waals surface area contributed by atoms with Crippen LogP contribution in [0.25, 0.3) is 0 Å². The Bertz CT molecular complexity index is 632. The summed E-state index contributed by atoms with van der Waals surface area (Å²) < 4.78 is 12.0. The van der Waals surface area contributed by atoms with Crippen LogP contribution in [-0.4, -0.2) is 44.8 Å². The van der Waals surface area contributed by atoms with Gasteiger partial charge in [0.05, 0.1) is 19.0 Å². The zero-order chi connectivity index (χ0) is 15.2. The smallest absolute Gasteiger partial charge is 0.255 e. The van der Waals surface area contributed by atoms with Crippen LogP contribution in [0.5, 0.6) is 11.5 Å². The van der Waals surface area contributed by atoms with Crippen LogP contribution >= 0.6 is 11.8 Å². The first-order chi connectivity index (χ1) is 10.1. The Hall–Kier alpha value is -2.36. The first-order valence-electron chi connectivity index (χ1n) is 5.89. The van der Waals surface area contributed by atoms with Crippen LogP contribution in [0.3, 0.4) is 0 Å². The van der Waals surface area contributed by atoms with E-state index in [1.165, 1.54) is 25.1 Å². The number of carbonyl (C=O) groups is 1. The van der Waals surface area contributed by atoms with E-state index in [0.717, 1.165) is 5.69 Å². The summed E-state index contributed by atoms with van der Waals surface area (Å²) in [5.41, 5.74) is 5.80. The molecular formula is C11H14N6O3S. The maximum Gasteiger partial charge on any atom is 0.255 e. The number of methoxy groups -OCH3 is 1. The molecule has 21 heavy (non-hydrogen) atoms. The molecule has 2 rings (SSSR count). The van der Waals surface area contributed by atoms with Gasteiger partial charge in [-0.3, -0.25) is 9.78 Å². The predicted molar refractivity (Wildman–Crippen MR) is 73.8 cm³/mol. The molecule has 0 spiro atoms. The van der Waals surface area contributed by atoms with Crippen molar-refractivity contribution >= 4 is 17.7 Å². The number of pyridine rings is 1. The third kappa shape index (κ3) is 4.05. The summed E-state index contributed by atoms with van der Waals surface area (Å²) in [6, 6.07) is 1.69. The molecule has 0 radical (unpaired) electrons. The van der Waals surface area contributed by atoms with Crippen molar-refractivity contribution in [2.24, 2.45) is 12.8 Å². The first-order valence-corrected chi connectivity index (χ1v) is 6.88. The molecule has 2 N–H and O–H groups in total. The van der Waals surface area contributed by atoms with Crippen LogP contribution in [0, 0.1) is 0 Å². The van der Waals surface area contributed by atoms with Gasteiger partial charge in [-0.25, -0.2) is 4.68 Å². The maximum absolute atomic E-state index is 10.8. The topological polar surface area (TPSA) is 118 Å². The van der Waals surface area contributed by atoms with Gasteiger partial charge < -0.3 is 15.2 Å². The van der Waals surface area contributed by atoms with Crippen LogP contribution in [-0.2, 0) is 17.6 Å². The van der Waals surface area contributed by atoms with Crippen molar-refractivity contribution in [3.05, 3.63) is 18.0 Å². The number of amides is 1. The highest BCUT2D eigenvalue weighted by atomic mass is 32.2. The SMILES string of the molecule is COc1cnc(CSc2nnnn2C)cc1OCC(N)=O. The minimum atomic E-state index is -0.560. The van der Waals surface area contributed by atoms with E-state index in [1.807, 2.05) is 0 Å². The normalized spacial score (nSPS) is 10.4. The van der Waals surface area contributed by atoms with E-state index in [1.54, 1.807) is 17.8 Å². The average molecular weight is 310 g/mol. The Labute approximate surface area is 124 Å². The van der Waals surface area contributed by atoms with Gasteiger partial charge in [-0.1, -0.05) is 11.8 Å². The number of carbonyl (C=O) groups excluding carboxylic acids is 1. The molecule has 0 atom stereocenters. The molecule has 0 fully saturated rings. The summed E-state index contributed by atoms with van der Waals surface area (Å²) in [4.78, 5) is 15.0. The van der Waals surface area contributed by atoms with Crippen LogP contribution in [0.4, 0.5) is 0 Å². The third-order valence-electron chi connectivity index (χ3n) is 2.41. The summed E-state index contributed by atoms with van der Waals surface area (Å²) in [7, 11) is 3.25. The van der Waals surface area contributed by atoms with Crippen molar-refractivity contribution in [3.63, 3.8) is 0 Å². The molecule has 0 unspecified atom stereocenters. The van der Waals surface area contributed by atoms with Crippen molar-refractivity contribution < 1.29 is 14.3 Å². The highest BCUT2D eigenvalue weighted by molar-refractivity contribution is 7.98. The van der Waals surface area contributed by atoms with Crippen molar-refractivity contribution in [1.29, 1.82) is 0 Å². The second-order valence-corrected chi connectivity index (χ2v) is 4.90. The lowest BCUT2D eigenvalue weighted by atomic mass is 10.3. The van der Waals surface area contributed by atoms with Gasteiger partial charge in [0.1, 0.15) is 0 Å². The lowest BCUT2D eigenvalue weighted by molar-refractivity contribution is -0.119. The number of ether oxygens (including phenoxy) is 2. The molecule has 0 saturated heterocycles. The Morgan fingerprint density at radius 1 is 1.48 bits per heavy atom. The van der Waals surface area contributed by atoms with Crippen LogP contribution in [0.1, 0.15) is 5.69 Å². The minimum absolute atomic E-state index is 0.222. The van der Waals surface area contributed by atoms with E-state index in [9.17, 15) is 4.79 Å². The lowest BCUT2D eigenvalue weighted by Gasteiger charge is -2.10. The highest BCUT2D eigenvalue weighted by Gasteiger charge is 2.10. The number of aromatic nitrogens is 5.